The third-order valence-electron chi connectivity index (χ3n) is 3.91. The van der Waals surface area contributed by atoms with Gasteiger partial charge in [0.1, 0.15) is 0 Å². The Hall–Kier alpha value is -1.55. The van der Waals surface area contributed by atoms with Crippen molar-refractivity contribution in [2.24, 2.45) is 11.8 Å². The van der Waals surface area contributed by atoms with Crippen LogP contribution in [0.15, 0.2) is 24.3 Å². The number of carbonyl (C=O) groups is 2. The minimum Gasteiger partial charge on any atom is -0.481 e. The van der Waals surface area contributed by atoms with Crippen molar-refractivity contribution in [1.82, 2.24) is 5.32 Å². The number of aliphatic carboxylic acids is 1. The number of benzene rings is 1. The quantitative estimate of drug-likeness (QED) is 0.813. The van der Waals surface area contributed by atoms with Crippen LogP contribution in [0, 0.1) is 11.8 Å². The van der Waals surface area contributed by atoms with Gasteiger partial charge in [-0.3, -0.25) is 9.59 Å². The van der Waals surface area contributed by atoms with E-state index in [0.717, 1.165) is 18.4 Å². The number of amides is 1. The molecule has 3 atom stereocenters. The average Bonchev–Trinajstić information content (AvgIpc) is 3.23. The van der Waals surface area contributed by atoms with Crippen LogP contribution in [-0.4, -0.2) is 23.5 Å². The first kappa shape index (κ1) is 15.8. The molecular weight excluding hydrogens is 290 g/mol. The van der Waals surface area contributed by atoms with E-state index in [9.17, 15) is 9.59 Å². The molecule has 1 aliphatic carbocycles. The van der Waals surface area contributed by atoms with Crippen LogP contribution in [0.3, 0.4) is 0 Å². The minimum absolute atomic E-state index is 0.0534. The molecule has 114 valence electrons. The number of rotatable bonds is 7. The molecule has 1 saturated carbocycles. The van der Waals surface area contributed by atoms with Gasteiger partial charge in [0, 0.05) is 17.5 Å². The molecule has 21 heavy (non-hydrogen) atoms. The first-order valence-corrected chi connectivity index (χ1v) is 7.66. The predicted octanol–water partition coefficient (Wildman–Crippen LogP) is 3.06. The number of carbonyl (C=O) groups excluding carboxylic acids is 1. The van der Waals surface area contributed by atoms with Crippen LogP contribution in [0.2, 0.25) is 5.02 Å². The fourth-order valence-corrected chi connectivity index (χ4v) is 2.81. The zero-order valence-corrected chi connectivity index (χ0v) is 12.8. The summed E-state index contributed by atoms with van der Waals surface area (Å²) in [5, 5.41) is 12.5. The Morgan fingerprint density at radius 1 is 1.48 bits per heavy atom. The number of carboxylic acid groups (broad SMARTS) is 1. The lowest BCUT2D eigenvalue weighted by atomic mass is 10.0. The van der Waals surface area contributed by atoms with Gasteiger partial charge in [-0.05, 0) is 36.5 Å². The fourth-order valence-electron chi connectivity index (χ4n) is 2.61. The summed E-state index contributed by atoms with van der Waals surface area (Å²) < 4.78 is 0. The summed E-state index contributed by atoms with van der Waals surface area (Å²) in [6.07, 6.45) is 2.18. The molecule has 1 aromatic rings. The van der Waals surface area contributed by atoms with Crippen LogP contribution in [-0.2, 0) is 9.59 Å². The molecule has 2 N–H and O–H groups in total. The maximum absolute atomic E-state index is 12.1. The lowest BCUT2D eigenvalue weighted by molar-refractivity contribution is -0.142. The highest BCUT2D eigenvalue weighted by Crippen LogP contribution is 2.47. The van der Waals surface area contributed by atoms with Gasteiger partial charge in [0.25, 0.3) is 0 Å². The summed E-state index contributed by atoms with van der Waals surface area (Å²) in [6.45, 7) is 2.15. The molecule has 0 bridgehead atoms. The van der Waals surface area contributed by atoms with E-state index in [0.29, 0.717) is 11.4 Å². The van der Waals surface area contributed by atoms with E-state index >= 15 is 0 Å². The molecule has 0 aliphatic heterocycles. The number of halogens is 1. The molecule has 5 heteroatoms. The number of carboxylic acids is 1. The third-order valence-corrected chi connectivity index (χ3v) is 4.15. The second-order valence-corrected chi connectivity index (χ2v) is 6.01. The highest BCUT2D eigenvalue weighted by molar-refractivity contribution is 6.30. The SMILES string of the molecule is CCCC(CNC(=O)C1CC1c1cccc(Cl)c1)C(=O)O. The maximum Gasteiger partial charge on any atom is 0.308 e. The van der Waals surface area contributed by atoms with Crippen LogP contribution in [0.25, 0.3) is 0 Å². The molecule has 0 spiro atoms. The van der Waals surface area contributed by atoms with Gasteiger partial charge < -0.3 is 10.4 Å². The molecule has 3 unspecified atom stereocenters. The van der Waals surface area contributed by atoms with Crippen LogP contribution >= 0.6 is 11.6 Å². The van der Waals surface area contributed by atoms with Crippen molar-refractivity contribution >= 4 is 23.5 Å². The molecule has 0 saturated heterocycles. The van der Waals surface area contributed by atoms with E-state index in [1.54, 1.807) is 0 Å². The van der Waals surface area contributed by atoms with Crippen molar-refractivity contribution < 1.29 is 14.7 Å². The monoisotopic (exact) mass is 309 g/mol. The molecule has 0 aromatic heterocycles. The first-order chi connectivity index (χ1) is 10.0. The smallest absolute Gasteiger partial charge is 0.308 e. The molecular formula is C16H20ClNO3. The number of hydrogen-bond acceptors (Lipinski definition) is 2. The topological polar surface area (TPSA) is 66.4 Å². The Kier molecular flexibility index (Phi) is 5.23. The minimum atomic E-state index is -0.848. The second-order valence-electron chi connectivity index (χ2n) is 5.57. The van der Waals surface area contributed by atoms with Crippen molar-refractivity contribution in [3.63, 3.8) is 0 Å². The highest BCUT2D eigenvalue weighted by Gasteiger charge is 2.44. The van der Waals surface area contributed by atoms with E-state index in [4.69, 9.17) is 16.7 Å². The number of hydrogen-bond donors (Lipinski definition) is 2. The summed E-state index contributed by atoms with van der Waals surface area (Å²) in [7, 11) is 0. The van der Waals surface area contributed by atoms with E-state index in [2.05, 4.69) is 5.32 Å². The lowest BCUT2D eigenvalue weighted by Gasteiger charge is -2.12. The molecule has 1 fully saturated rings. The van der Waals surface area contributed by atoms with Gasteiger partial charge in [0.2, 0.25) is 5.91 Å². The maximum atomic E-state index is 12.1. The van der Waals surface area contributed by atoms with E-state index in [-0.39, 0.29) is 24.3 Å². The first-order valence-electron chi connectivity index (χ1n) is 7.29. The average molecular weight is 310 g/mol. The van der Waals surface area contributed by atoms with Gasteiger partial charge in [0.05, 0.1) is 5.92 Å². The molecule has 2 rings (SSSR count). The van der Waals surface area contributed by atoms with E-state index in [1.807, 2.05) is 31.2 Å². The summed E-state index contributed by atoms with van der Waals surface area (Å²) in [6, 6.07) is 7.55. The zero-order valence-electron chi connectivity index (χ0n) is 12.0. The highest BCUT2D eigenvalue weighted by atomic mass is 35.5. The van der Waals surface area contributed by atoms with Crippen LogP contribution in [0.1, 0.15) is 37.7 Å². The van der Waals surface area contributed by atoms with E-state index in [1.165, 1.54) is 0 Å². The van der Waals surface area contributed by atoms with Crippen molar-refractivity contribution in [2.45, 2.75) is 32.1 Å². The molecule has 4 nitrogen and oxygen atoms in total. The Morgan fingerprint density at radius 3 is 2.86 bits per heavy atom. The van der Waals surface area contributed by atoms with Crippen LogP contribution in [0.4, 0.5) is 0 Å². The van der Waals surface area contributed by atoms with Crippen LogP contribution < -0.4 is 5.32 Å². The Balaban J connectivity index is 1.84. The zero-order chi connectivity index (χ0) is 15.4. The Labute approximate surface area is 129 Å². The lowest BCUT2D eigenvalue weighted by Crippen LogP contribution is -2.34. The largest absolute Gasteiger partial charge is 0.481 e. The van der Waals surface area contributed by atoms with Gasteiger partial charge in [-0.2, -0.15) is 0 Å². The standard InChI is InChI=1S/C16H20ClNO3/c1-2-4-11(16(20)21)9-18-15(19)14-8-13(14)10-5-3-6-12(17)7-10/h3,5-7,11,13-14H,2,4,8-9H2,1H3,(H,18,19)(H,20,21). The van der Waals surface area contributed by atoms with Gasteiger partial charge in [0.15, 0.2) is 0 Å². The Bertz CT molecular complexity index is 532. The van der Waals surface area contributed by atoms with Crippen molar-refractivity contribution in [2.75, 3.05) is 6.54 Å². The molecule has 0 heterocycles. The summed E-state index contributed by atoms with van der Waals surface area (Å²) in [5.74, 6) is -1.25. The molecule has 1 aromatic carbocycles. The summed E-state index contributed by atoms with van der Waals surface area (Å²) >= 11 is 5.95. The van der Waals surface area contributed by atoms with Crippen LogP contribution in [0.5, 0.6) is 0 Å². The third kappa shape index (κ3) is 4.21. The normalized spacial score (nSPS) is 21.6. The van der Waals surface area contributed by atoms with Crippen molar-refractivity contribution in [3.05, 3.63) is 34.9 Å². The van der Waals surface area contributed by atoms with Crippen molar-refractivity contribution in [1.29, 1.82) is 0 Å². The van der Waals surface area contributed by atoms with Gasteiger partial charge in [-0.1, -0.05) is 37.1 Å². The van der Waals surface area contributed by atoms with Gasteiger partial charge in [-0.25, -0.2) is 0 Å². The van der Waals surface area contributed by atoms with Gasteiger partial charge in [-0.15, -0.1) is 0 Å². The number of nitrogens with one attached hydrogen (secondary N) is 1. The second kappa shape index (κ2) is 6.94. The molecule has 0 radical (unpaired) electrons. The van der Waals surface area contributed by atoms with Crippen molar-refractivity contribution in [3.8, 4) is 0 Å². The summed E-state index contributed by atoms with van der Waals surface area (Å²) in [5.41, 5.74) is 1.07. The summed E-state index contributed by atoms with van der Waals surface area (Å²) in [4.78, 5) is 23.1. The van der Waals surface area contributed by atoms with Gasteiger partial charge >= 0.3 is 5.97 Å². The molecule has 1 aliphatic rings. The molecule has 1 amide bonds. The fraction of sp³-hybridized carbons (Fsp3) is 0.500. The predicted molar refractivity (Wildman–Crippen MR) is 81.3 cm³/mol. The Morgan fingerprint density at radius 2 is 2.24 bits per heavy atom. The van der Waals surface area contributed by atoms with E-state index < -0.39 is 11.9 Å².